The van der Waals surface area contributed by atoms with Gasteiger partial charge in [0, 0.05) is 52.6 Å². The Balaban J connectivity index is 1.46. The first kappa shape index (κ1) is 20.6. The summed E-state index contributed by atoms with van der Waals surface area (Å²) in [6.45, 7) is 1.02. The van der Waals surface area contributed by atoms with E-state index in [4.69, 9.17) is 0 Å². The van der Waals surface area contributed by atoms with Crippen molar-refractivity contribution in [2.75, 3.05) is 26.2 Å². The third kappa shape index (κ3) is 3.75. The fourth-order valence-corrected chi connectivity index (χ4v) is 4.14. The standard InChI is InChI=1S/C21H17BrFN3O3S/c22-12-4-5-17(30)13(10-12)20(28)25-6-8-26(9-7-25)21(29)19(27)14-11-24-16-3-1-2-15(23)18(14)16/h1-5,10-11,24,30H,6-9H2. The average Bonchev–Trinajstić information content (AvgIpc) is 3.19. The van der Waals surface area contributed by atoms with Crippen LogP contribution in [-0.4, -0.2) is 58.6 Å². The van der Waals surface area contributed by atoms with Crippen molar-refractivity contribution < 1.29 is 18.8 Å². The summed E-state index contributed by atoms with van der Waals surface area (Å²) in [7, 11) is 0. The van der Waals surface area contributed by atoms with Crippen LogP contribution in [0.1, 0.15) is 20.7 Å². The van der Waals surface area contributed by atoms with Crippen molar-refractivity contribution in [3.8, 4) is 0 Å². The van der Waals surface area contributed by atoms with Gasteiger partial charge in [0.25, 0.3) is 17.6 Å². The molecule has 1 aliphatic heterocycles. The quantitative estimate of drug-likeness (QED) is 0.335. The maximum atomic E-state index is 14.2. The predicted octanol–water partition coefficient (Wildman–Crippen LogP) is 3.53. The number of aromatic amines is 1. The first-order chi connectivity index (χ1) is 14.4. The van der Waals surface area contributed by atoms with Crippen LogP contribution in [0.25, 0.3) is 10.9 Å². The van der Waals surface area contributed by atoms with Crippen LogP contribution in [0.4, 0.5) is 4.39 Å². The van der Waals surface area contributed by atoms with Crippen LogP contribution >= 0.6 is 28.6 Å². The molecule has 0 saturated carbocycles. The molecule has 0 unspecified atom stereocenters. The maximum absolute atomic E-state index is 14.2. The molecule has 1 N–H and O–H groups in total. The van der Waals surface area contributed by atoms with E-state index in [0.717, 1.165) is 4.47 Å². The first-order valence-electron chi connectivity index (χ1n) is 9.24. The number of rotatable bonds is 3. The van der Waals surface area contributed by atoms with E-state index in [2.05, 4.69) is 33.5 Å². The average molecular weight is 490 g/mol. The zero-order valence-corrected chi connectivity index (χ0v) is 18.2. The lowest BCUT2D eigenvalue weighted by atomic mass is 10.1. The highest BCUT2D eigenvalue weighted by molar-refractivity contribution is 9.10. The Kier molecular flexibility index (Phi) is 5.66. The number of piperazine rings is 1. The van der Waals surface area contributed by atoms with Gasteiger partial charge in [0.2, 0.25) is 0 Å². The van der Waals surface area contributed by atoms with E-state index in [1.807, 2.05) is 0 Å². The molecule has 0 radical (unpaired) electrons. The summed E-state index contributed by atoms with van der Waals surface area (Å²) in [6.07, 6.45) is 1.36. The number of nitrogens with one attached hydrogen (secondary N) is 1. The summed E-state index contributed by atoms with van der Waals surface area (Å²) < 4.78 is 14.9. The largest absolute Gasteiger partial charge is 0.360 e. The van der Waals surface area contributed by atoms with Crippen molar-refractivity contribution in [2.24, 2.45) is 0 Å². The summed E-state index contributed by atoms with van der Waals surface area (Å²) in [5, 5.41) is 0.112. The topological polar surface area (TPSA) is 73.5 Å². The van der Waals surface area contributed by atoms with Crippen LogP contribution in [0.3, 0.4) is 0 Å². The number of carbonyl (C=O) groups excluding carboxylic acids is 3. The molecule has 30 heavy (non-hydrogen) atoms. The second-order valence-corrected chi connectivity index (χ2v) is 8.34. The van der Waals surface area contributed by atoms with Crippen LogP contribution in [-0.2, 0) is 4.79 Å². The number of amides is 2. The Labute approximate surface area is 185 Å². The molecule has 1 aliphatic rings. The molecule has 9 heteroatoms. The van der Waals surface area contributed by atoms with Crippen LogP contribution in [0.5, 0.6) is 0 Å². The number of ketones is 1. The van der Waals surface area contributed by atoms with Crippen molar-refractivity contribution >= 4 is 57.1 Å². The number of benzene rings is 2. The third-order valence-electron chi connectivity index (χ3n) is 5.14. The van der Waals surface area contributed by atoms with Gasteiger partial charge in [0.1, 0.15) is 5.82 Å². The zero-order chi connectivity index (χ0) is 21.4. The van der Waals surface area contributed by atoms with E-state index in [9.17, 15) is 18.8 Å². The Hall–Kier alpha value is -2.65. The highest BCUT2D eigenvalue weighted by Crippen LogP contribution is 2.24. The lowest BCUT2D eigenvalue weighted by Gasteiger charge is -2.34. The fourth-order valence-electron chi connectivity index (χ4n) is 3.54. The monoisotopic (exact) mass is 489 g/mol. The van der Waals surface area contributed by atoms with Gasteiger partial charge >= 0.3 is 0 Å². The van der Waals surface area contributed by atoms with E-state index in [0.29, 0.717) is 29.1 Å². The molecule has 1 fully saturated rings. The maximum Gasteiger partial charge on any atom is 0.295 e. The molecule has 4 rings (SSSR count). The van der Waals surface area contributed by atoms with Gasteiger partial charge in [-0.25, -0.2) is 4.39 Å². The summed E-state index contributed by atoms with van der Waals surface area (Å²) in [5.41, 5.74) is 0.941. The number of hydrogen-bond acceptors (Lipinski definition) is 4. The third-order valence-corrected chi connectivity index (χ3v) is 6.02. The molecule has 3 aromatic rings. The number of Topliss-reactive ketones (excluding diaryl/α,β-unsaturated/α-hetero) is 1. The molecule has 2 aromatic carbocycles. The Morgan fingerprint density at radius 2 is 1.70 bits per heavy atom. The van der Waals surface area contributed by atoms with Crippen molar-refractivity contribution in [3.05, 3.63) is 64.0 Å². The predicted molar refractivity (Wildman–Crippen MR) is 116 cm³/mol. The molecule has 6 nitrogen and oxygen atoms in total. The number of aromatic nitrogens is 1. The van der Waals surface area contributed by atoms with E-state index < -0.39 is 17.5 Å². The van der Waals surface area contributed by atoms with Gasteiger partial charge in [0.05, 0.1) is 11.1 Å². The van der Waals surface area contributed by atoms with E-state index in [1.165, 1.54) is 23.2 Å². The van der Waals surface area contributed by atoms with Crippen molar-refractivity contribution in [2.45, 2.75) is 4.90 Å². The van der Waals surface area contributed by atoms with Crippen molar-refractivity contribution in [1.29, 1.82) is 0 Å². The summed E-state index contributed by atoms with van der Waals surface area (Å²) in [6, 6.07) is 9.66. The summed E-state index contributed by atoms with van der Waals surface area (Å²) in [5.74, 6) is -2.21. The van der Waals surface area contributed by atoms with Gasteiger partial charge in [-0.15, -0.1) is 12.6 Å². The molecule has 2 amide bonds. The normalized spacial score (nSPS) is 14.2. The second-order valence-electron chi connectivity index (χ2n) is 6.94. The molecule has 0 aliphatic carbocycles. The van der Waals surface area contributed by atoms with Crippen LogP contribution < -0.4 is 0 Å². The lowest BCUT2D eigenvalue weighted by molar-refractivity contribution is -0.127. The lowest BCUT2D eigenvalue weighted by Crippen LogP contribution is -2.52. The molecule has 0 bridgehead atoms. The van der Waals surface area contributed by atoms with Crippen LogP contribution in [0.15, 0.2) is 52.0 Å². The van der Waals surface area contributed by atoms with Gasteiger partial charge in [-0.1, -0.05) is 22.0 Å². The highest BCUT2D eigenvalue weighted by atomic mass is 79.9. The van der Waals surface area contributed by atoms with E-state index in [1.54, 1.807) is 29.2 Å². The SMILES string of the molecule is O=C(C(=O)N1CCN(C(=O)c2cc(Br)ccc2S)CC1)c1c[nH]c2cccc(F)c12. The molecular weight excluding hydrogens is 473 g/mol. The van der Waals surface area contributed by atoms with Crippen LogP contribution in [0, 0.1) is 5.82 Å². The number of fused-ring (bicyclic) bond motifs is 1. The number of hydrogen-bond donors (Lipinski definition) is 2. The summed E-state index contributed by atoms with van der Waals surface area (Å²) >= 11 is 7.69. The van der Waals surface area contributed by atoms with Gasteiger partial charge in [-0.3, -0.25) is 14.4 Å². The first-order valence-corrected chi connectivity index (χ1v) is 10.5. The van der Waals surface area contributed by atoms with Crippen molar-refractivity contribution in [3.63, 3.8) is 0 Å². The van der Waals surface area contributed by atoms with Gasteiger partial charge in [-0.05, 0) is 30.3 Å². The highest BCUT2D eigenvalue weighted by Gasteiger charge is 2.31. The van der Waals surface area contributed by atoms with Crippen molar-refractivity contribution in [1.82, 2.24) is 14.8 Å². The molecule has 0 spiro atoms. The number of thiol groups is 1. The zero-order valence-electron chi connectivity index (χ0n) is 15.7. The molecule has 2 heterocycles. The molecule has 1 saturated heterocycles. The molecule has 1 aromatic heterocycles. The van der Waals surface area contributed by atoms with Gasteiger partial charge < -0.3 is 14.8 Å². The minimum absolute atomic E-state index is 0.0143. The smallest absolute Gasteiger partial charge is 0.295 e. The van der Waals surface area contributed by atoms with Gasteiger partial charge in [-0.2, -0.15) is 0 Å². The minimum atomic E-state index is -0.768. The fraction of sp³-hybridized carbons (Fsp3) is 0.190. The second kappa shape index (κ2) is 8.23. The number of carbonyl (C=O) groups is 3. The van der Waals surface area contributed by atoms with E-state index >= 15 is 0 Å². The number of H-pyrrole nitrogens is 1. The molecule has 0 atom stereocenters. The Morgan fingerprint density at radius 3 is 2.43 bits per heavy atom. The van der Waals surface area contributed by atoms with Crippen LogP contribution in [0.2, 0.25) is 0 Å². The van der Waals surface area contributed by atoms with Gasteiger partial charge in [0.15, 0.2) is 0 Å². The number of nitrogens with zero attached hydrogens (tertiary/aromatic N) is 2. The number of halogens is 2. The summed E-state index contributed by atoms with van der Waals surface area (Å²) in [4.78, 5) is 44.6. The minimum Gasteiger partial charge on any atom is -0.360 e. The Bertz CT molecular complexity index is 1170. The molecule has 154 valence electrons. The van der Waals surface area contributed by atoms with E-state index in [-0.39, 0.29) is 29.9 Å². The molecular formula is C21H17BrFN3O3S. The Morgan fingerprint density at radius 1 is 1.00 bits per heavy atom.